The summed E-state index contributed by atoms with van der Waals surface area (Å²) in [5, 5.41) is 0. The Morgan fingerprint density at radius 1 is 0.885 bits per heavy atom. The maximum Gasteiger partial charge on any atom is 0.0254 e. The molecule has 2 nitrogen and oxygen atoms in total. The molecule has 0 aromatic heterocycles. The molecular formula is C24H38N2. The van der Waals surface area contributed by atoms with E-state index in [0.29, 0.717) is 0 Å². The number of rotatable bonds is 4. The van der Waals surface area contributed by atoms with E-state index in [1.807, 2.05) is 0 Å². The Balaban J connectivity index is 1.86. The highest BCUT2D eigenvalue weighted by Gasteiger charge is 2.20. The molecule has 1 aromatic carbocycles. The topological polar surface area (TPSA) is 6.48 Å². The molecule has 0 N–H and O–H groups in total. The van der Waals surface area contributed by atoms with Crippen molar-refractivity contribution in [3.63, 3.8) is 0 Å². The van der Waals surface area contributed by atoms with Crippen molar-refractivity contribution in [2.75, 3.05) is 32.7 Å². The lowest BCUT2D eigenvalue weighted by Crippen LogP contribution is -2.35. The molecule has 0 atom stereocenters. The largest absolute Gasteiger partial charge is 0.377 e. The molecule has 0 amide bonds. The fourth-order valence-corrected chi connectivity index (χ4v) is 4.71. The lowest BCUT2D eigenvalue weighted by molar-refractivity contribution is 0.211. The second kappa shape index (κ2) is 8.61. The van der Waals surface area contributed by atoms with Crippen molar-refractivity contribution >= 4 is 5.57 Å². The summed E-state index contributed by atoms with van der Waals surface area (Å²) >= 11 is 0. The molecule has 0 aliphatic carbocycles. The predicted molar refractivity (Wildman–Crippen MR) is 113 cm³/mol. The van der Waals surface area contributed by atoms with E-state index in [0.717, 1.165) is 18.4 Å². The summed E-state index contributed by atoms with van der Waals surface area (Å²) in [6, 6.07) is 4.71. The van der Waals surface area contributed by atoms with E-state index in [9.17, 15) is 0 Å². The van der Waals surface area contributed by atoms with E-state index >= 15 is 0 Å². The molecule has 3 rings (SSSR count). The molecule has 2 heteroatoms. The number of benzene rings is 1. The van der Waals surface area contributed by atoms with Gasteiger partial charge in [0.15, 0.2) is 0 Å². The van der Waals surface area contributed by atoms with Gasteiger partial charge < -0.3 is 4.90 Å². The molecule has 26 heavy (non-hydrogen) atoms. The number of hydrogen-bond acceptors (Lipinski definition) is 2. The normalized spacial score (nSPS) is 21.4. The lowest BCUT2D eigenvalue weighted by atomic mass is 9.92. The fraction of sp³-hybridized carbons (Fsp3) is 0.667. The number of hydrogen-bond donors (Lipinski definition) is 0. The Morgan fingerprint density at radius 2 is 1.38 bits per heavy atom. The van der Waals surface area contributed by atoms with Gasteiger partial charge in [-0.25, -0.2) is 0 Å². The van der Waals surface area contributed by atoms with Crippen LogP contribution in [0.5, 0.6) is 0 Å². The molecular weight excluding hydrogens is 316 g/mol. The molecule has 0 saturated carbocycles. The molecule has 2 aliphatic rings. The Bertz CT molecular complexity index is 607. The minimum absolute atomic E-state index is 0.884. The van der Waals surface area contributed by atoms with Crippen molar-refractivity contribution in [1.82, 2.24) is 9.80 Å². The number of aryl methyl sites for hydroxylation is 3. The molecule has 144 valence electrons. The molecule has 1 aromatic rings. The first-order chi connectivity index (χ1) is 12.4. The van der Waals surface area contributed by atoms with Gasteiger partial charge in [-0.3, -0.25) is 4.90 Å². The molecule has 2 heterocycles. The van der Waals surface area contributed by atoms with Gasteiger partial charge in [0, 0.05) is 25.8 Å². The Kier molecular flexibility index (Phi) is 6.45. The van der Waals surface area contributed by atoms with Gasteiger partial charge in [0.2, 0.25) is 0 Å². The van der Waals surface area contributed by atoms with Crippen molar-refractivity contribution in [3.8, 4) is 0 Å². The second-order valence-corrected chi connectivity index (χ2v) is 9.11. The SMILES string of the molecule is Cc1cc(C)c(/C(=C\N2CCC(C)CC2)CN2CCC(C)CC2)c(C)c1. The van der Waals surface area contributed by atoms with Crippen molar-refractivity contribution in [1.29, 1.82) is 0 Å². The molecule has 2 aliphatic heterocycles. The zero-order valence-electron chi connectivity index (χ0n) is 17.6. The summed E-state index contributed by atoms with van der Waals surface area (Å²) in [6.45, 7) is 17.6. The van der Waals surface area contributed by atoms with Gasteiger partial charge in [0.25, 0.3) is 0 Å². The highest BCUT2D eigenvalue weighted by molar-refractivity contribution is 5.72. The Labute approximate surface area is 161 Å². The van der Waals surface area contributed by atoms with Crippen LogP contribution in [0.4, 0.5) is 0 Å². The van der Waals surface area contributed by atoms with Gasteiger partial charge in [-0.2, -0.15) is 0 Å². The average Bonchev–Trinajstić information content (AvgIpc) is 2.58. The van der Waals surface area contributed by atoms with Crippen LogP contribution in [-0.2, 0) is 0 Å². The summed E-state index contributed by atoms with van der Waals surface area (Å²) in [5.41, 5.74) is 7.27. The van der Waals surface area contributed by atoms with E-state index < -0.39 is 0 Å². The first-order valence-corrected chi connectivity index (χ1v) is 10.7. The van der Waals surface area contributed by atoms with Crippen LogP contribution >= 0.6 is 0 Å². The average molecular weight is 355 g/mol. The third-order valence-corrected chi connectivity index (χ3v) is 6.42. The molecule has 0 bridgehead atoms. The first kappa shape index (κ1) is 19.5. The van der Waals surface area contributed by atoms with Crippen molar-refractivity contribution in [3.05, 3.63) is 40.6 Å². The Hall–Kier alpha value is -1.28. The summed E-state index contributed by atoms with van der Waals surface area (Å²) in [4.78, 5) is 5.26. The molecule has 2 saturated heterocycles. The van der Waals surface area contributed by atoms with Crippen LogP contribution in [0.3, 0.4) is 0 Å². The van der Waals surface area contributed by atoms with Crippen LogP contribution in [0.1, 0.15) is 61.8 Å². The quantitative estimate of drug-likeness (QED) is 0.712. The monoisotopic (exact) mass is 354 g/mol. The lowest BCUT2D eigenvalue weighted by Gasteiger charge is -2.34. The smallest absolute Gasteiger partial charge is 0.0254 e. The summed E-state index contributed by atoms with van der Waals surface area (Å²) < 4.78 is 0. The fourth-order valence-electron chi connectivity index (χ4n) is 4.71. The van der Waals surface area contributed by atoms with Gasteiger partial charge >= 0.3 is 0 Å². The predicted octanol–water partition coefficient (Wildman–Crippen LogP) is 5.42. The maximum atomic E-state index is 2.68. The van der Waals surface area contributed by atoms with Gasteiger partial charge in [0.1, 0.15) is 0 Å². The third kappa shape index (κ3) is 4.91. The van der Waals surface area contributed by atoms with Gasteiger partial charge in [-0.05, 0) is 93.6 Å². The van der Waals surface area contributed by atoms with E-state index in [4.69, 9.17) is 0 Å². The van der Waals surface area contributed by atoms with Gasteiger partial charge in [0.05, 0.1) is 0 Å². The van der Waals surface area contributed by atoms with Gasteiger partial charge in [-0.15, -0.1) is 0 Å². The van der Waals surface area contributed by atoms with Crippen LogP contribution in [0.2, 0.25) is 0 Å². The standard InChI is InChI=1S/C24H38N2/c1-18-6-10-25(11-7-18)16-23(17-26-12-8-19(2)9-13-26)24-21(4)14-20(3)15-22(24)5/h14-16,18-19H,6-13,17H2,1-5H3/b23-16-. The van der Waals surface area contributed by atoms with Crippen LogP contribution in [0, 0.1) is 32.6 Å². The van der Waals surface area contributed by atoms with E-state index in [-0.39, 0.29) is 0 Å². The minimum atomic E-state index is 0.884. The van der Waals surface area contributed by atoms with E-state index in [2.05, 4.69) is 62.8 Å². The molecule has 0 radical (unpaired) electrons. The van der Waals surface area contributed by atoms with Crippen LogP contribution in [0.25, 0.3) is 5.57 Å². The third-order valence-electron chi connectivity index (χ3n) is 6.42. The molecule has 2 fully saturated rings. The minimum Gasteiger partial charge on any atom is -0.377 e. The van der Waals surface area contributed by atoms with Crippen molar-refractivity contribution in [2.45, 2.75) is 60.3 Å². The summed E-state index contributed by atoms with van der Waals surface area (Å²) in [7, 11) is 0. The number of piperidine rings is 2. The van der Waals surface area contributed by atoms with E-state index in [1.54, 1.807) is 0 Å². The molecule has 0 spiro atoms. The molecule has 0 unspecified atom stereocenters. The number of nitrogens with zero attached hydrogens (tertiary/aromatic N) is 2. The van der Waals surface area contributed by atoms with E-state index in [1.165, 1.54) is 79.7 Å². The van der Waals surface area contributed by atoms with Crippen LogP contribution in [-0.4, -0.2) is 42.5 Å². The number of likely N-dealkylation sites (tertiary alicyclic amines) is 2. The summed E-state index contributed by atoms with van der Waals surface area (Å²) in [6.07, 6.45) is 7.86. The highest BCUT2D eigenvalue weighted by atomic mass is 15.1. The highest BCUT2D eigenvalue weighted by Crippen LogP contribution is 2.28. The maximum absolute atomic E-state index is 2.68. The van der Waals surface area contributed by atoms with Crippen molar-refractivity contribution < 1.29 is 0 Å². The second-order valence-electron chi connectivity index (χ2n) is 9.11. The van der Waals surface area contributed by atoms with Crippen LogP contribution in [0.15, 0.2) is 18.3 Å². The van der Waals surface area contributed by atoms with Crippen LogP contribution < -0.4 is 0 Å². The Morgan fingerprint density at radius 3 is 1.92 bits per heavy atom. The van der Waals surface area contributed by atoms with Gasteiger partial charge in [-0.1, -0.05) is 31.5 Å². The zero-order valence-corrected chi connectivity index (χ0v) is 17.6. The summed E-state index contributed by atoms with van der Waals surface area (Å²) in [5.74, 6) is 1.78. The zero-order chi connectivity index (χ0) is 18.7. The first-order valence-electron chi connectivity index (χ1n) is 10.7. The van der Waals surface area contributed by atoms with Crippen molar-refractivity contribution in [2.24, 2.45) is 11.8 Å².